The van der Waals surface area contributed by atoms with Gasteiger partial charge in [-0.2, -0.15) is 4.98 Å². The van der Waals surface area contributed by atoms with Crippen LogP contribution in [0.5, 0.6) is 0 Å². The fourth-order valence-corrected chi connectivity index (χ4v) is 3.92. The predicted octanol–water partition coefficient (Wildman–Crippen LogP) is 2.84. The van der Waals surface area contributed by atoms with Crippen molar-refractivity contribution >= 4 is 22.8 Å². The van der Waals surface area contributed by atoms with Gasteiger partial charge in [-0.1, -0.05) is 0 Å². The number of anilines is 2. The first kappa shape index (κ1) is 17.3. The maximum absolute atomic E-state index is 13.3. The molecule has 0 unspecified atom stereocenters. The molecule has 0 saturated carbocycles. The van der Waals surface area contributed by atoms with E-state index >= 15 is 0 Å². The van der Waals surface area contributed by atoms with Gasteiger partial charge < -0.3 is 15.1 Å². The highest BCUT2D eigenvalue weighted by Gasteiger charge is 2.22. The highest BCUT2D eigenvalue weighted by atomic mass is 19.1. The molecular weight excluding hydrogens is 355 g/mol. The normalized spacial score (nSPS) is 17.5. The largest absolute Gasteiger partial charge is 0.352 e. The maximum atomic E-state index is 13.3. The SMILES string of the molecule is Fc1ccc(-c2ccc3nc(N4CCCC4)nc(N4CCNCC4)c3n2)cc1. The summed E-state index contributed by atoms with van der Waals surface area (Å²) in [4.78, 5) is 19.2. The monoisotopic (exact) mass is 378 g/mol. The van der Waals surface area contributed by atoms with Crippen LogP contribution in [0.25, 0.3) is 22.3 Å². The fourth-order valence-electron chi connectivity index (χ4n) is 3.92. The quantitative estimate of drug-likeness (QED) is 0.756. The Kier molecular flexibility index (Phi) is 4.52. The van der Waals surface area contributed by atoms with E-state index < -0.39 is 0 Å². The van der Waals surface area contributed by atoms with E-state index in [4.69, 9.17) is 15.0 Å². The highest BCUT2D eigenvalue weighted by Crippen LogP contribution is 2.29. The zero-order valence-corrected chi connectivity index (χ0v) is 15.7. The number of hydrogen-bond donors (Lipinski definition) is 1. The van der Waals surface area contributed by atoms with Crippen molar-refractivity contribution in [3.63, 3.8) is 0 Å². The Morgan fingerprint density at radius 2 is 1.54 bits per heavy atom. The van der Waals surface area contributed by atoms with Gasteiger partial charge in [0.1, 0.15) is 11.3 Å². The first-order chi connectivity index (χ1) is 13.8. The number of benzene rings is 1. The summed E-state index contributed by atoms with van der Waals surface area (Å²) in [5.41, 5.74) is 3.36. The van der Waals surface area contributed by atoms with Crippen molar-refractivity contribution in [2.75, 3.05) is 49.1 Å². The number of pyridine rings is 1. The van der Waals surface area contributed by atoms with Crippen molar-refractivity contribution < 1.29 is 4.39 Å². The number of hydrogen-bond acceptors (Lipinski definition) is 6. The molecule has 0 radical (unpaired) electrons. The van der Waals surface area contributed by atoms with E-state index in [-0.39, 0.29) is 5.82 Å². The smallest absolute Gasteiger partial charge is 0.228 e. The first-order valence-corrected chi connectivity index (χ1v) is 9.93. The number of piperazine rings is 1. The van der Waals surface area contributed by atoms with Gasteiger partial charge >= 0.3 is 0 Å². The number of rotatable bonds is 3. The summed E-state index contributed by atoms with van der Waals surface area (Å²) in [5, 5.41) is 3.39. The van der Waals surface area contributed by atoms with E-state index in [1.165, 1.54) is 25.0 Å². The molecule has 2 fully saturated rings. The molecule has 1 N–H and O–H groups in total. The molecule has 7 heteroatoms. The highest BCUT2D eigenvalue weighted by molar-refractivity contribution is 5.89. The zero-order chi connectivity index (χ0) is 18.9. The van der Waals surface area contributed by atoms with Crippen LogP contribution in [0.1, 0.15) is 12.8 Å². The van der Waals surface area contributed by atoms with Crippen LogP contribution in [0.4, 0.5) is 16.2 Å². The number of nitrogens with one attached hydrogen (secondary N) is 1. The van der Waals surface area contributed by atoms with Gasteiger partial charge in [-0.25, -0.2) is 14.4 Å². The third kappa shape index (κ3) is 3.26. The van der Waals surface area contributed by atoms with Crippen molar-refractivity contribution in [3.8, 4) is 11.3 Å². The van der Waals surface area contributed by atoms with Crippen LogP contribution in [0.3, 0.4) is 0 Å². The molecule has 2 aliphatic rings. The van der Waals surface area contributed by atoms with Gasteiger partial charge in [-0.3, -0.25) is 0 Å². The number of aromatic nitrogens is 3. The summed E-state index contributed by atoms with van der Waals surface area (Å²) in [5.74, 6) is 1.46. The molecule has 5 rings (SSSR count). The molecule has 3 aromatic rings. The van der Waals surface area contributed by atoms with Crippen LogP contribution < -0.4 is 15.1 Å². The van der Waals surface area contributed by atoms with Gasteiger partial charge in [-0.15, -0.1) is 0 Å². The number of fused-ring (bicyclic) bond motifs is 1. The predicted molar refractivity (Wildman–Crippen MR) is 109 cm³/mol. The van der Waals surface area contributed by atoms with Crippen molar-refractivity contribution in [1.29, 1.82) is 0 Å². The van der Waals surface area contributed by atoms with Gasteiger partial charge in [0, 0.05) is 44.8 Å². The van der Waals surface area contributed by atoms with Crippen molar-refractivity contribution in [3.05, 3.63) is 42.2 Å². The molecule has 1 aromatic carbocycles. The molecule has 2 aromatic heterocycles. The van der Waals surface area contributed by atoms with Crippen LogP contribution in [0.15, 0.2) is 36.4 Å². The fraction of sp³-hybridized carbons (Fsp3) is 0.381. The lowest BCUT2D eigenvalue weighted by Crippen LogP contribution is -2.44. The van der Waals surface area contributed by atoms with E-state index in [0.717, 1.165) is 73.3 Å². The Morgan fingerprint density at radius 3 is 2.29 bits per heavy atom. The lowest BCUT2D eigenvalue weighted by Gasteiger charge is -2.29. The average molecular weight is 378 g/mol. The van der Waals surface area contributed by atoms with Crippen LogP contribution in [-0.4, -0.2) is 54.2 Å². The average Bonchev–Trinajstić information content (AvgIpc) is 3.29. The summed E-state index contributed by atoms with van der Waals surface area (Å²) >= 11 is 0. The summed E-state index contributed by atoms with van der Waals surface area (Å²) in [7, 11) is 0. The van der Waals surface area contributed by atoms with Crippen LogP contribution >= 0.6 is 0 Å². The molecule has 2 aliphatic heterocycles. The molecule has 0 bridgehead atoms. The first-order valence-electron chi connectivity index (χ1n) is 9.93. The Morgan fingerprint density at radius 1 is 0.786 bits per heavy atom. The van der Waals surface area contributed by atoms with Crippen molar-refractivity contribution in [2.24, 2.45) is 0 Å². The van der Waals surface area contributed by atoms with Crippen molar-refractivity contribution in [1.82, 2.24) is 20.3 Å². The Labute approximate surface area is 163 Å². The van der Waals surface area contributed by atoms with Crippen LogP contribution in [0, 0.1) is 5.82 Å². The molecule has 4 heterocycles. The minimum absolute atomic E-state index is 0.246. The van der Waals surface area contributed by atoms with Gasteiger partial charge in [0.05, 0.1) is 11.2 Å². The maximum Gasteiger partial charge on any atom is 0.228 e. The third-order valence-electron chi connectivity index (χ3n) is 5.46. The molecule has 0 spiro atoms. The second-order valence-electron chi connectivity index (χ2n) is 7.35. The molecule has 6 nitrogen and oxygen atoms in total. The van der Waals surface area contributed by atoms with Gasteiger partial charge in [0.15, 0.2) is 5.82 Å². The second-order valence-corrected chi connectivity index (χ2v) is 7.35. The van der Waals surface area contributed by atoms with Crippen LogP contribution in [0.2, 0.25) is 0 Å². The zero-order valence-electron chi connectivity index (χ0n) is 15.7. The van der Waals surface area contributed by atoms with Gasteiger partial charge in [0.2, 0.25) is 5.95 Å². The van der Waals surface area contributed by atoms with E-state index in [2.05, 4.69) is 15.1 Å². The number of nitrogens with zero attached hydrogens (tertiary/aromatic N) is 5. The molecule has 0 amide bonds. The van der Waals surface area contributed by atoms with Gasteiger partial charge in [-0.05, 0) is 49.2 Å². The van der Waals surface area contributed by atoms with Crippen LogP contribution in [-0.2, 0) is 0 Å². The molecule has 0 atom stereocenters. The standard InChI is InChI=1S/C21H23FN6/c22-16-5-3-15(4-6-16)17-7-8-18-19(24-17)20(27-13-9-23-10-14-27)26-21(25-18)28-11-1-2-12-28/h3-8,23H,1-2,9-14H2. The molecule has 0 aliphatic carbocycles. The lowest BCUT2D eigenvalue weighted by atomic mass is 10.1. The topological polar surface area (TPSA) is 57.2 Å². The molecular formula is C21H23FN6. The van der Waals surface area contributed by atoms with Gasteiger partial charge in [0.25, 0.3) is 0 Å². The minimum Gasteiger partial charge on any atom is -0.352 e. The second kappa shape index (κ2) is 7.31. The lowest BCUT2D eigenvalue weighted by molar-refractivity contribution is 0.585. The molecule has 28 heavy (non-hydrogen) atoms. The third-order valence-corrected chi connectivity index (χ3v) is 5.46. The molecule has 2 saturated heterocycles. The van der Waals surface area contributed by atoms with E-state index in [1.54, 1.807) is 12.1 Å². The summed E-state index contributed by atoms with van der Waals surface area (Å²) in [6.07, 6.45) is 2.37. The Balaban J connectivity index is 1.63. The van der Waals surface area contributed by atoms with Crippen molar-refractivity contribution in [2.45, 2.75) is 12.8 Å². The summed E-state index contributed by atoms with van der Waals surface area (Å²) in [6, 6.07) is 10.4. The van der Waals surface area contributed by atoms with E-state index in [9.17, 15) is 4.39 Å². The number of halogens is 1. The van der Waals surface area contributed by atoms with E-state index in [0.29, 0.717) is 0 Å². The Bertz CT molecular complexity index is 978. The summed E-state index contributed by atoms with van der Waals surface area (Å²) in [6.45, 7) is 5.67. The summed E-state index contributed by atoms with van der Waals surface area (Å²) < 4.78 is 13.3. The molecule has 144 valence electrons. The van der Waals surface area contributed by atoms with E-state index in [1.807, 2.05) is 12.1 Å². The Hall–Kier alpha value is -2.80. The minimum atomic E-state index is -0.246.